The molecular formula is C10H10BrN. The minimum Gasteiger partial charge on any atom is -0.361 e. The summed E-state index contributed by atoms with van der Waals surface area (Å²) in [6, 6.07) is 6.43. The van der Waals surface area contributed by atoms with E-state index in [0.717, 1.165) is 6.42 Å². The summed E-state index contributed by atoms with van der Waals surface area (Å²) in [5.41, 5.74) is 2.57. The molecule has 0 unspecified atom stereocenters. The van der Waals surface area contributed by atoms with E-state index in [1.807, 2.05) is 6.20 Å². The lowest BCUT2D eigenvalue weighted by Crippen LogP contribution is -1.81. The van der Waals surface area contributed by atoms with Gasteiger partial charge in [-0.2, -0.15) is 0 Å². The summed E-state index contributed by atoms with van der Waals surface area (Å²) in [6.45, 7) is 2.16. The molecule has 0 amide bonds. The van der Waals surface area contributed by atoms with Gasteiger partial charge in [0.25, 0.3) is 0 Å². The van der Waals surface area contributed by atoms with Gasteiger partial charge in [0.15, 0.2) is 0 Å². The molecule has 0 aliphatic rings. The van der Waals surface area contributed by atoms with Crippen LogP contribution in [0.15, 0.2) is 28.9 Å². The first-order chi connectivity index (χ1) is 5.81. The first-order valence-electron chi connectivity index (χ1n) is 4.07. The lowest BCUT2D eigenvalue weighted by molar-refractivity contribution is 1.13. The Kier molecular flexibility index (Phi) is 1.93. The summed E-state index contributed by atoms with van der Waals surface area (Å²) in [5, 5.41) is 1.26. The number of aryl methyl sites for hydroxylation is 1. The van der Waals surface area contributed by atoms with Crippen molar-refractivity contribution in [3.8, 4) is 0 Å². The van der Waals surface area contributed by atoms with Gasteiger partial charge in [0.05, 0.1) is 0 Å². The van der Waals surface area contributed by atoms with E-state index in [9.17, 15) is 0 Å². The number of nitrogens with one attached hydrogen (secondary N) is 1. The van der Waals surface area contributed by atoms with Gasteiger partial charge in [-0.15, -0.1) is 0 Å². The summed E-state index contributed by atoms with van der Waals surface area (Å²) in [6.07, 6.45) is 3.03. The highest BCUT2D eigenvalue weighted by Gasteiger charge is 2.00. The second-order valence-corrected chi connectivity index (χ2v) is 3.72. The molecule has 2 heteroatoms. The maximum absolute atomic E-state index is 3.55. The first-order valence-corrected chi connectivity index (χ1v) is 4.86. The average molecular weight is 224 g/mol. The minimum atomic E-state index is 1.07. The number of rotatable bonds is 1. The monoisotopic (exact) mass is 223 g/mol. The van der Waals surface area contributed by atoms with Crippen LogP contribution >= 0.6 is 15.9 Å². The molecule has 0 saturated carbocycles. The van der Waals surface area contributed by atoms with E-state index in [2.05, 4.69) is 46.0 Å². The topological polar surface area (TPSA) is 15.8 Å². The van der Waals surface area contributed by atoms with E-state index in [-0.39, 0.29) is 0 Å². The SMILES string of the molecule is CCc1cc2[nH]ccc2cc1Br. The van der Waals surface area contributed by atoms with Crippen LogP contribution in [0.1, 0.15) is 12.5 Å². The largest absolute Gasteiger partial charge is 0.361 e. The number of aromatic nitrogens is 1. The Balaban J connectivity index is 2.73. The van der Waals surface area contributed by atoms with E-state index < -0.39 is 0 Å². The van der Waals surface area contributed by atoms with E-state index in [1.54, 1.807) is 0 Å². The van der Waals surface area contributed by atoms with Crippen LogP contribution in [-0.2, 0) is 6.42 Å². The molecule has 0 radical (unpaired) electrons. The second-order valence-electron chi connectivity index (χ2n) is 2.86. The zero-order chi connectivity index (χ0) is 8.55. The number of H-pyrrole nitrogens is 1. The number of hydrogen-bond donors (Lipinski definition) is 1. The van der Waals surface area contributed by atoms with Crippen LogP contribution in [0.2, 0.25) is 0 Å². The maximum atomic E-state index is 3.55. The fourth-order valence-electron chi connectivity index (χ4n) is 1.39. The van der Waals surface area contributed by atoms with Gasteiger partial charge in [-0.05, 0) is 30.2 Å². The molecule has 1 aromatic heterocycles. The zero-order valence-corrected chi connectivity index (χ0v) is 8.48. The van der Waals surface area contributed by atoms with E-state index in [0.29, 0.717) is 0 Å². The van der Waals surface area contributed by atoms with E-state index >= 15 is 0 Å². The highest BCUT2D eigenvalue weighted by atomic mass is 79.9. The van der Waals surface area contributed by atoms with Crippen LogP contribution in [0.3, 0.4) is 0 Å². The Morgan fingerprint density at radius 2 is 2.25 bits per heavy atom. The van der Waals surface area contributed by atoms with Crippen LogP contribution in [0.4, 0.5) is 0 Å². The number of aromatic amines is 1. The third kappa shape index (κ3) is 1.16. The van der Waals surface area contributed by atoms with Crippen molar-refractivity contribution in [3.05, 3.63) is 34.4 Å². The molecule has 0 fully saturated rings. The molecule has 2 rings (SSSR count). The van der Waals surface area contributed by atoms with Gasteiger partial charge < -0.3 is 4.98 Å². The molecule has 0 atom stereocenters. The molecule has 12 heavy (non-hydrogen) atoms. The maximum Gasteiger partial charge on any atom is 0.0457 e. The molecule has 62 valence electrons. The molecule has 1 aromatic carbocycles. The van der Waals surface area contributed by atoms with Crippen molar-refractivity contribution in [2.24, 2.45) is 0 Å². The zero-order valence-electron chi connectivity index (χ0n) is 6.89. The molecule has 1 heterocycles. The van der Waals surface area contributed by atoms with Crippen molar-refractivity contribution in [1.29, 1.82) is 0 Å². The molecule has 0 saturated heterocycles. The highest BCUT2D eigenvalue weighted by Crippen LogP contribution is 2.23. The van der Waals surface area contributed by atoms with Gasteiger partial charge in [0.2, 0.25) is 0 Å². The van der Waals surface area contributed by atoms with Gasteiger partial charge in [0.1, 0.15) is 0 Å². The van der Waals surface area contributed by atoms with Crippen molar-refractivity contribution in [1.82, 2.24) is 4.98 Å². The number of halogens is 1. The molecule has 1 nitrogen and oxygen atoms in total. The quantitative estimate of drug-likeness (QED) is 0.763. The average Bonchev–Trinajstić information content (AvgIpc) is 2.49. The smallest absolute Gasteiger partial charge is 0.0457 e. The predicted octanol–water partition coefficient (Wildman–Crippen LogP) is 3.49. The van der Waals surface area contributed by atoms with Crippen molar-refractivity contribution >= 4 is 26.8 Å². The first kappa shape index (κ1) is 7.87. The van der Waals surface area contributed by atoms with Crippen LogP contribution in [-0.4, -0.2) is 4.98 Å². The fraction of sp³-hybridized carbons (Fsp3) is 0.200. The molecule has 1 N–H and O–H groups in total. The van der Waals surface area contributed by atoms with Crippen molar-refractivity contribution in [2.75, 3.05) is 0 Å². The van der Waals surface area contributed by atoms with Gasteiger partial charge in [0, 0.05) is 21.6 Å². The van der Waals surface area contributed by atoms with Gasteiger partial charge >= 0.3 is 0 Å². The van der Waals surface area contributed by atoms with Crippen molar-refractivity contribution < 1.29 is 0 Å². The summed E-state index contributed by atoms with van der Waals surface area (Å²) < 4.78 is 1.21. The summed E-state index contributed by atoms with van der Waals surface area (Å²) >= 11 is 3.55. The molecule has 0 aliphatic carbocycles. The van der Waals surface area contributed by atoms with E-state index in [4.69, 9.17) is 0 Å². The van der Waals surface area contributed by atoms with Gasteiger partial charge in [-0.3, -0.25) is 0 Å². The van der Waals surface area contributed by atoms with Crippen molar-refractivity contribution in [2.45, 2.75) is 13.3 Å². The lowest BCUT2D eigenvalue weighted by atomic mass is 10.1. The molecule has 0 bridgehead atoms. The van der Waals surface area contributed by atoms with Crippen molar-refractivity contribution in [3.63, 3.8) is 0 Å². The van der Waals surface area contributed by atoms with Crippen LogP contribution in [0.5, 0.6) is 0 Å². The summed E-state index contributed by atoms with van der Waals surface area (Å²) in [4.78, 5) is 3.20. The minimum absolute atomic E-state index is 1.07. The van der Waals surface area contributed by atoms with Crippen LogP contribution in [0, 0.1) is 0 Å². The summed E-state index contributed by atoms with van der Waals surface area (Å²) in [5.74, 6) is 0. The standard InChI is InChI=1S/C10H10BrN/c1-2-7-6-10-8(3-4-12-10)5-9(7)11/h3-6,12H,2H2,1H3. The van der Waals surface area contributed by atoms with Crippen LogP contribution < -0.4 is 0 Å². The number of fused-ring (bicyclic) bond motifs is 1. The molecule has 2 aromatic rings. The lowest BCUT2D eigenvalue weighted by Gasteiger charge is -2.00. The Bertz CT molecular complexity index is 403. The van der Waals surface area contributed by atoms with Gasteiger partial charge in [-0.25, -0.2) is 0 Å². The fourth-order valence-corrected chi connectivity index (χ4v) is 2.03. The Morgan fingerprint density at radius 1 is 1.42 bits per heavy atom. The summed E-state index contributed by atoms with van der Waals surface area (Å²) in [7, 11) is 0. The second kappa shape index (κ2) is 2.94. The Labute approximate surface area is 79.9 Å². The normalized spacial score (nSPS) is 10.8. The van der Waals surface area contributed by atoms with Crippen LogP contribution in [0.25, 0.3) is 10.9 Å². The number of hydrogen-bond acceptors (Lipinski definition) is 0. The van der Waals surface area contributed by atoms with Gasteiger partial charge in [-0.1, -0.05) is 22.9 Å². The molecule has 0 spiro atoms. The Morgan fingerprint density at radius 3 is 3.00 bits per heavy atom. The van der Waals surface area contributed by atoms with E-state index in [1.165, 1.54) is 20.9 Å². The molecular weight excluding hydrogens is 214 g/mol. The number of benzene rings is 1. The third-order valence-electron chi connectivity index (χ3n) is 2.10. The third-order valence-corrected chi connectivity index (χ3v) is 2.84. The Hall–Kier alpha value is -0.760. The molecule has 0 aliphatic heterocycles. The highest BCUT2D eigenvalue weighted by molar-refractivity contribution is 9.10. The predicted molar refractivity (Wildman–Crippen MR) is 55.4 cm³/mol.